The fourth-order valence-electron chi connectivity index (χ4n) is 3.57. The number of rotatable bonds is 9. The van der Waals surface area contributed by atoms with E-state index in [2.05, 4.69) is 20.2 Å². The summed E-state index contributed by atoms with van der Waals surface area (Å²) in [6, 6.07) is 8.58. The third-order valence-corrected chi connectivity index (χ3v) is 7.53. The number of benzene rings is 1. The van der Waals surface area contributed by atoms with Gasteiger partial charge in [0.1, 0.15) is 28.8 Å². The normalized spacial score (nSPS) is 12.5. The van der Waals surface area contributed by atoms with Crippen molar-refractivity contribution in [2.24, 2.45) is 0 Å². The van der Waals surface area contributed by atoms with Crippen LogP contribution in [0.3, 0.4) is 0 Å². The molecule has 12 heteroatoms. The fraction of sp³-hybridized carbons (Fsp3) is 0.304. The molecule has 0 spiro atoms. The molecule has 35 heavy (non-hydrogen) atoms. The number of hydrogen-bond acceptors (Lipinski definition) is 9. The molecule has 0 aliphatic carbocycles. The lowest BCUT2D eigenvalue weighted by molar-refractivity contribution is 0.390. The summed E-state index contributed by atoms with van der Waals surface area (Å²) in [5, 5.41) is 7.52. The Morgan fingerprint density at radius 2 is 1.83 bits per heavy atom. The highest BCUT2D eigenvalue weighted by Crippen LogP contribution is 2.36. The monoisotopic (exact) mass is 501 g/mol. The molecule has 0 bridgehead atoms. The highest BCUT2D eigenvalue weighted by atomic mass is 32.2. The number of methoxy groups -OCH3 is 2. The first-order valence-corrected chi connectivity index (χ1v) is 12.4. The van der Waals surface area contributed by atoms with E-state index in [4.69, 9.17) is 13.9 Å². The molecular weight excluding hydrogens is 477 g/mol. The molecule has 0 radical (unpaired) electrons. The van der Waals surface area contributed by atoms with Crippen molar-refractivity contribution < 1.29 is 26.7 Å². The van der Waals surface area contributed by atoms with Crippen LogP contribution in [-0.4, -0.2) is 52.6 Å². The van der Waals surface area contributed by atoms with E-state index in [1.807, 2.05) is 0 Å². The van der Waals surface area contributed by atoms with Crippen molar-refractivity contribution in [1.29, 1.82) is 0 Å². The first-order chi connectivity index (χ1) is 16.7. The molecule has 184 valence electrons. The molecule has 0 saturated heterocycles. The molecule has 3 heterocycles. The number of hydrogen-bond donors (Lipinski definition) is 0. The predicted molar refractivity (Wildman–Crippen MR) is 125 cm³/mol. The third-order valence-electron chi connectivity index (χ3n) is 5.48. The summed E-state index contributed by atoms with van der Waals surface area (Å²) in [7, 11) is -0.772. The first kappa shape index (κ1) is 24.3. The predicted octanol–water partition coefficient (Wildman–Crippen LogP) is 3.33. The van der Waals surface area contributed by atoms with Crippen LogP contribution in [0.2, 0.25) is 0 Å². The van der Waals surface area contributed by atoms with E-state index in [0.717, 1.165) is 6.20 Å². The second kappa shape index (κ2) is 9.82. The number of ether oxygens (including phenoxy) is 2. The minimum atomic E-state index is -3.77. The van der Waals surface area contributed by atoms with Crippen molar-refractivity contribution in [3.05, 3.63) is 66.0 Å². The lowest BCUT2D eigenvalue weighted by Gasteiger charge is -2.18. The van der Waals surface area contributed by atoms with Crippen molar-refractivity contribution in [1.82, 2.24) is 24.7 Å². The van der Waals surface area contributed by atoms with Crippen LogP contribution in [0.1, 0.15) is 24.3 Å². The molecule has 0 fully saturated rings. The minimum absolute atomic E-state index is 0.0145. The molecule has 0 aliphatic heterocycles. The Labute approximate surface area is 201 Å². The van der Waals surface area contributed by atoms with Gasteiger partial charge in [-0.15, -0.1) is 10.2 Å². The Morgan fingerprint density at radius 1 is 1.11 bits per heavy atom. The number of para-hydroxylation sites is 1. The maximum Gasteiger partial charge on any atom is 0.204 e. The van der Waals surface area contributed by atoms with E-state index in [-0.39, 0.29) is 29.6 Å². The van der Waals surface area contributed by atoms with Crippen LogP contribution >= 0.6 is 0 Å². The highest BCUT2D eigenvalue weighted by Gasteiger charge is 2.30. The molecule has 4 rings (SSSR count). The van der Waals surface area contributed by atoms with Crippen molar-refractivity contribution in [3.8, 4) is 28.8 Å². The van der Waals surface area contributed by atoms with E-state index in [9.17, 15) is 12.8 Å². The van der Waals surface area contributed by atoms with Crippen LogP contribution in [0.4, 0.5) is 4.39 Å². The van der Waals surface area contributed by atoms with E-state index < -0.39 is 26.7 Å². The number of furan rings is 1. The van der Waals surface area contributed by atoms with E-state index >= 15 is 0 Å². The molecule has 0 aliphatic rings. The van der Waals surface area contributed by atoms with E-state index in [1.54, 1.807) is 41.8 Å². The zero-order valence-corrected chi connectivity index (χ0v) is 20.4. The summed E-state index contributed by atoms with van der Waals surface area (Å²) in [5.74, 6) is 0.923. The van der Waals surface area contributed by atoms with Crippen molar-refractivity contribution in [2.45, 2.75) is 31.3 Å². The number of halogens is 1. The fourth-order valence-corrected chi connectivity index (χ4v) is 4.80. The van der Waals surface area contributed by atoms with Crippen LogP contribution in [-0.2, 0) is 22.0 Å². The molecule has 10 nitrogen and oxygen atoms in total. The number of nitrogens with zero attached hydrogens (tertiary/aromatic N) is 5. The molecule has 0 N–H and O–H groups in total. The second-order valence-corrected chi connectivity index (χ2v) is 10.2. The summed E-state index contributed by atoms with van der Waals surface area (Å²) in [4.78, 5) is 7.97. The summed E-state index contributed by atoms with van der Waals surface area (Å²) < 4.78 is 58.4. The topological polar surface area (TPSA) is 122 Å². The zero-order valence-electron chi connectivity index (χ0n) is 19.6. The van der Waals surface area contributed by atoms with Crippen LogP contribution in [0.15, 0.2) is 47.2 Å². The van der Waals surface area contributed by atoms with Gasteiger partial charge in [-0.3, -0.25) is 4.57 Å². The lowest BCUT2D eigenvalue weighted by Crippen LogP contribution is -2.25. The molecule has 0 amide bonds. The summed E-state index contributed by atoms with van der Waals surface area (Å²) in [6.07, 6.45) is 2.54. The molecule has 1 aromatic carbocycles. The SMILES string of the molecule is COc1cccc(OC)c1-n1c(CS(=O)(=O)[C@H](C)Cc2ncc(F)c(C)n2)nnc1-c1ccco1. The van der Waals surface area contributed by atoms with E-state index in [1.165, 1.54) is 27.4 Å². The van der Waals surface area contributed by atoms with Gasteiger partial charge in [-0.05, 0) is 38.1 Å². The largest absolute Gasteiger partial charge is 0.494 e. The molecule has 1 atom stereocenters. The third kappa shape index (κ3) is 4.87. The van der Waals surface area contributed by atoms with Gasteiger partial charge in [0, 0.05) is 6.42 Å². The molecular formula is C23H24FN5O5S. The van der Waals surface area contributed by atoms with Gasteiger partial charge in [-0.1, -0.05) is 6.07 Å². The van der Waals surface area contributed by atoms with Crippen molar-refractivity contribution in [3.63, 3.8) is 0 Å². The van der Waals surface area contributed by atoms with Gasteiger partial charge in [0.2, 0.25) is 5.82 Å². The number of sulfone groups is 1. The maximum atomic E-state index is 13.5. The summed E-state index contributed by atoms with van der Waals surface area (Å²) >= 11 is 0. The average Bonchev–Trinajstić information content (AvgIpc) is 3.50. The molecule has 0 saturated carbocycles. The van der Waals surface area contributed by atoms with Crippen molar-refractivity contribution >= 4 is 9.84 Å². The summed E-state index contributed by atoms with van der Waals surface area (Å²) in [6.45, 7) is 3.05. The van der Waals surface area contributed by atoms with Crippen LogP contribution < -0.4 is 9.47 Å². The Kier molecular flexibility index (Phi) is 6.83. The lowest BCUT2D eigenvalue weighted by atomic mass is 10.2. The number of aromatic nitrogens is 5. The maximum absolute atomic E-state index is 13.5. The van der Waals surface area contributed by atoms with Gasteiger partial charge < -0.3 is 13.9 Å². The number of aryl methyl sites for hydroxylation is 1. The molecule has 0 unspecified atom stereocenters. The Morgan fingerprint density at radius 3 is 2.43 bits per heavy atom. The Hall–Kier alpha value is -3.80. The van der Waals surface area contributed by atoms with E-state index in [0.29, 0.717) is 22.9 Å². The van der Waals surface area contributed by atoms with Gasteiger partial charge in [0.05, 0.1) is 37.6 Å². The van der Waals surface area contributed by atoms with Gasteiger partial charge in [-0.25, -0.2) is 22.8 Å². The average molecular weight is 502 g/mol. The Bertz CT molecular complexity index is 1410. The molecule has 4 aromatic rings. The van der Waals surface area contributed by atoms with Gasteiger partial charge in [0.25, 0.3) is 0 Å². The zero-order chi connectivity index (χ0) is 25.2. The summed E-state index contributed by atoms with van der Waals surface area (Å²) in [5.41, 5.74) is 0.593. The van der Waals surface area contributed by atoms with Gasteiger partial charge in [-0.2, -0.15) is 0 Å². The first-order valence-electron chi connectivity index (χ1n) is 10.6. The standard InChI is InChI=1S/C23H24FN5O5S/c1-14(11-20-25-12-16(24)15(2)26-20)35(30,31)13-21-27-28-23(19-9-6-10-34-19)29(21)22-17(32-3)7-5-8-18(22)33-4/h5-10,12,14H,11,13H2,1-4H3/t14-/m1/s1. The quantitative estimate of drug-likeness (QED) is 0.340. The van der Waals surface area contributed by atoms with Crippen LogP contribution in [0.25, 0.3) is 17.3 Å². The molecule has 3 aromatic heterocycles. The van der Waals surface area contributed by atoms with Crippen LogP contribution in [0.5, 0.6) is 11.5 Å². The van der Waals surface area contributed by atoms with Gasteiger partial charge in [0.15, 0.2) is 27.2 Å². The highest BCUT2D eigenvalue weighted by molar-refractivity contribution is 7.91. The minimum Gasteiger partial charge on any atom is -0.494 e. The Balaban J connectivity index is 1.76. The van der Waals surface area contributed by atoms with Crippen molar-refractivity contribution in [2.75, 3.05) is 14.2 Å². The van der Waals surface area contributed by atoms with Gasteiger partial charge >= 0.3 is 0 Å². The smallest absolute Gasteiger partial charge is 0.204 e. The second-order valence-electron chi connectivity index (χ2n) is 7.81. The van der Waals surface area contributed by atoms with Crippen LogP contribution in [0, 0.1) is 12.7 Å².